The molecule has 0 unspecified atom stereocenters. The summed E-state index contributed by atoms with van der Waals surface area (Å²) in [5, 5.41) is 7.90. The summed E-state index contributed by atoms with van der Waals surface area (Å²) in [7, 11) is 16.4. The molecule has 12 rings (SSSR count). The fraction of sp³-hybridized carbons (Fsp3) is 0. The highest BCUT2D eigenvalue weighted by Crippen LogP contribution is 2.39. The van der Waals surface area contributed by atoms with Gasteiger partial charge in [0.15, 0.2) is 0 Å². The van der Waals surface area contributed by atoms with Crippen LogP contribution in [0.25, 0.3) is 109 Å². The maximum Gasteiger partial charge on any atom is 0.141 e. The Morgan fingerprint density at radius 2 is 0.875 bits per heavy atom. The van der Waals surface area contributed by atoms with Crippen LogP contribution in [-0.2, 0) is 0 Å². The zero-order valence-corrected chi connectivity index (χ0v) is 38.2. The first-order valence-electron chi connectivity index (χ1n) is 22.4. The molecule has 2 nitrogen and oxygen atoms in total. The van der Waals surface area contributed by atoms with Crippen LogP contribution in [0, 0.1) is 0 Å². The van der Waals surface area contributed by atoms with Gasteiger partial charge in [-0.1, -0.05) is 142 Å². The van der Waals surface area contributed by atoms with E-state index >= 15 is 0 Å². The molecule has 0 spiro atoms. The smallest absolute Gasteiger partial charge is 0.141 e. The minimum absolute atomic E-state index is 1.15. The highest BCUT2D eigenvalue weighted by molar-refractivity contribution is 7.25. The second-order valence-electron chi connectivity index (χ2n) is 17.9. The molecule has 294 valence electrons. The van der Waals surface area contributed by atoms with Crippen molar-refractivity contribution in [1.29, 1.82) is 0 Å². The summed E-state index contributed by atoms with van der Waals surface area (Å²) >= 11 is 1.88. The lowest BCUT2D eigenvalue weighted by molar-refractivity contribution is 1.18. The van der Waals surface area contributed by atoms with Crippen LogP contribution in [-0.4, -0.2) is 64.1 Å². The van der Waals surface area contributed by atoms with E-state index in [4.69, 9.17) is 0 Å². The molecule has 0 radical (unpaired) electrons. The van der Waals surface area contributed by atoms with Gasteiger partial charge >= 0.3 is 0 Å². The number of thiophene rings is 1. The molecular weight excluding hydrogens is 784 g/mol. The average molecular weight is 826 g/mol. The van der Waals surface area contributed by atoms with Crippen LogP contribution >= 0.6 is 11.3 Å². The Morgan fingerprint density at radius 3 is 1.61 bits per heavy atom. The first kappa shape index (κ1) is 38.9. The van der Waals surface area contributed by atoms with Crippen LogP contribution in [0.5, 0.6) is 0 Å². The molecule has 64 heavy (non-hydrogen) atoms. The summed E-state index contributed by atoms with van der Waals surface area (Å²) in [6.07, 6.45) is 0. The van der Waals surface area contributed by atoms with Crippen molar-refractivity contribution >= 4 is 168 Å². The van der Waals surface area contributed by atoms with E-state index in [1.54, 1.807) is 0 Å². The Bertz CT molecular complexity index is 3910. The molecule has 10 heteroatoms. The van der Waals surface area contributed by atoms with Gasteiger partial charge in [0.1, 0.15) is 54.9 Å². The fourth-order valence-electron chi connectivity index (χ4n) is 11.0. The molecule has 3 aromatic heterocycles. The molecule has 0 aliphatic rings. The summed E-state index contributed by atoms with van der Waals surface area (Å²) < 4.78 is 7.73. The van der Waals surface area contributed by atoms with Gasteiger partial charge in [0.25, 0.3) is 0 Å². The first-order valence-corrected chi connectivity index (χ1v) is 23.3. The van der Waals surface area contributed by atoms with E-state index in [1.165, 1.54) is 141 Å². The van der Waals surface area contributed by atoms with Crippen LogP contribution in [0.3, 0.4) is 0 Å². The predicted molar refractivity (Wildman–Crippen MR) is 302 cm³/mol. The molecule has 0 fully saturated rings. The summed E-state index contributed by atoms with van der Waals surface area (Å²) in [6, 6.07) is 60.6. The number of hydrogen-bond acceptors (Lipinski definition) is 1. The van der Waals surface area contributed by atoms with E-state index < -0.39 is 0 Å². The van der Waals surface area contributed by atoms with Crippen molar-refractivity contribution in [2.75, 3.05) is 0 Å². The monoisotopic (exact) mass is 826 g/mol. The van der Waals surface area contributed by atoms with Crippen LogP contribution in [0.1, 0.15) is 0 Å². The second-order valence-corrected chi connectivity index (χ2v) is 19.0. The molecule has 9 aromatic carbocycles. The number of fused-ring (bicyclic) bond motifs is 9. The molecular formula is C54H41B7N2S. The average Bonchev–Trinajstić information content (AvgIpc) is 4.00. The Balaban J connectivity index is 1.11. The Morgan fingerprint density at radius 1 is 0.312 bits per heavy atom. The van der Waals surface area contributed by atoms with Crippen molar-refractivity contribution in [3.63, 3.8) is 0 Å². The quantitative estimate of drug-likeness (QED) is 0.237. The molecule has 0 aliphatic heterocycles. The Kier molecular flexibility index (Phi) is 8.91. The highest BCUT2D eigenvalue weighted by atomic mass is 32.1. The van der Waals surface area contributed by atoms with E-state index in [-0.39, 0.29) is 0 Å². The van der Waals surface area contributed by atoms with E-state index in [1.807, 2.05) is 11.3 Å². The van der Waals surface area contributed by atoms with Gasteiger partial charge < -0.3 is 9.13 Å². The number of benzene rings is 9. The Labute approximate surface area is 383 Å². The normalized spacial score (nSPS) is 11.9. The minimum atomic E-state index is 1.15. The highest BCUT2D eigenvalue weighted by Gasteiger charge is 2.26. The van der Waals surface area contributed by atoms with Crippen molar-refractivity contribution in [2.24, 2.45) is 0 Å². The van der Waals surface area contributed by atoms with Crippen LogP contribution < -0.4 is 38.2 Å². The number of nitrogens with zero attached hydrogens (tertiary/aromatic N) is 2. The summed E-state index contributed by atoms with van der Waals surface area (Å²) in [6.45, 7) is 0. The van der Waals surface area contributed by atoms with Crippen molar-refractivity contribution in [3.8, 4) is 44.8 Å². The van der Waals surface area contributed by atoms with Gasteiger partial charge in [-0.15, -0.1) is 16.8 Å². The lowest BCUT2D eigenvalue weighted by atomic mass is 9.64. The molecule has 0 N–H and O–H groups in total. The zero-order valence-electron chi connectivity index (χ0n) is 37.4. The van der Waals surface area contributed by atoms with Gasteiger partial charge in [0.05, 0.1) is 11.0 Å². The minimum Gasteiger partial charge on any atom is -0.310 e. The zero-order chi connectivity index (χ0) is 43.5. The van der Waals surface area contributed by atoms with Crippen LogP contribution in [0.15, 0.2) is 164 Å². The SMILES string of the molecule is Bc1c(B)c(B)c2c(c1B)c1c(B)c(-c3ccc4c(c3)c3ccc(-c5ccccc5)cc3n4-c3ccc(-c4ccccc4)cc3)c(B)c(B)c1n2-c1ccc2sc3ccccc3c2c1. The van der Waals surface area contributed by atoms with Gasteiger partial charge in [-0.2, -0.15) is 0 Å². The lowest BCUT2D eigenvalue weighted by Gasteiger charge is -2.19. The molecule has 0 aliphatic carbocycles. The molecule has 0 amide bonds. The maximum absolute atomic E-state index is 2.61. The van der Waals surface area contributed by atoms with E-state index in [9.17, 15) is 0 Å². The third kappa shape index (κ3) is 5.68. The summed E-state index contributed by atoms with van der Waals surface area (Å²) in [5.74, 6) is 0. The van der Waals surface area contributed by atoms with E-state index in [0.717, 1.165) is 5.69 Å². The van der Waals surface area contributed by atoms with Crippen molar-refractivity contribution in [3.05, 3.63) is 164 Å². The maximum atomic E-state index is 2.61. The first-order chi connectivity index (χ1) is 31.2. The van der Waals surface area contributed by atoms with E-state index in [0.29, 0.717) is 0 Å². The van der Waals surface area contributed by atoms with Crippen LogP contribution in [0.2, 0.25) is 0 Å². The van der Waals surface area contributed by atoms with Crippen molar-refractivity contribution in [1.82, 2.24) is 9.13 Å². The lowest BCUT2D eigenvalue weighted by Crippen LogP contribution is -2.48. The van der Waals surface area contributed by atoms with Crippen LogP contribution in [0.4, 0.5) is 0 Å². The molecule has 0 saturated heterocycles. The van der Waals surface area contributed by atoms with Gasteiger partial charge in [-0.3, -0.25) is 0 Å². The van der Waals surface area contributed by atoms with Gasteiger partial charge in [0.2, 0.25) is 0 Å². The molecule has 12 aromatic rings. The third-order valence-electron chi connectivity index (χ3n) is 14.6. The van der Waals surface area contributed by atoms with Gasteiger partial charge in [-0.05, 0) is 93.4 Å². The predicted octanol–water partition coefficient (Wildman–Crippen LogP) is 3.06. The van der Waals surface area contributed by atoms with Gasteiger partial charge in [0, 0.05) is 58.7 Å². The van der Waals surface area contributed by atoms with Crippen molar-refractivity contribution < 1.29 is 0 Å². The number of hydrogen-bond donors (Lipinski definition) is 0. The summed E-state index contributed by atoms with van der Waals surface area (Å²) in [4.78, 5) is 0. The van der Waals surface area contributed by atoms with Gasteiger partial charge in [-0.25, -0.2) is 0 Å². The molecule has 3 heterocycles. The second kappa shape index (κ2) is 14.7. The fourth-order valence-corrected chi connectivity index (χ4v) is 12.0. The van der Waals surface area contributed by atoms with Crippen molar-refractivity contribution in [2.45, 2.75) is 0 Å². The van der Waals surface area contributed by atoms with E-state index in [2.05, 4.69) is 228 Å². The third-order valence-corrected chi connectivity index (χ3v) is 15.8. The molecule has 0 bridgehead atoms. The molecule has 0 saturated carbocycles. The molecule has 0 atom stereocenters. The number of rotatable bonds is 5. The Hall–Kier alpha value is -6.75. The topological polar surface area (TPSA) is 9.86 Å². The largest absolute Gasteiger partial charge is 0.310 e. The number of aromatic nitrogens is 2. The summed E-state index contributed by atoms with van der Waals surface area (Å²) in [5.41, 5.74) is 24.3. The standard InChI is InChI=1S/C54H41B7N2S/c55-46-43(47(56)51(60)53-44(46)45-48(57)49(58)50(59)52(61)54(45)63(53)34-21-24-42-38(27-34)36-13-7-8-14-41(36)64-42)32-18-23-39-37(25-32)35-22-17-31(29-11-5-2-6-12-29)26-40(35)62(39)33-19-15-30(16-20-33)28-9-3-1-4-10-28/h1-27H,55-61H2.